The fourth-order valence-electron chi connectivity index (χ4n) is 7.31. The number of fused-ring (bicyclic) bond motifs is 5. The molecule has 0 aromatic carbocycles. The van der Waals surface area contributed by atoms with Crippen LogP contribution in [0.4, 0.5) is 4.79 Å². The Kier molecular flexibility index (Phi) is 4.01. The first kappa shape index (κ1) is 18.0. The van der Waals surface area contributed by atoms with Crippen LogP contribution in [0.15, 0.2) is 36.4 Å². The number of nitrogens with zero attached hydrogens (tertiary/aromatic N) is 2. The lowest BCUT2D eigenvalue weighted by Crippen LogP contribution is -2.51. The van der Waals surface area contributed by atoms with E-state index >= 15 is 0 Å². The van der Waals surface area contributed by atoms with Crippen molar-refractivity contribution in [1.82, 2.24) is 14.9 Å². The second kappa shape index (κ2) is 6.23. The molecule has 5 nitrogen and oxygen atoms in total. The van der Waals surface area contributed by atoms with Crippen LogP contribution in [-0.2, 0) is 0 Å². The highest BCUT2D eigenvalue weighted by Crippen LogP contribution is 2.65. The first-order chi connectivity index (χ1) is 13.4. The van der Waals surface area contributed by atoms with E-state index in [-0.39, 0.29) is 16.9 Å². The van der Waals surface area contributed by atoms with Gasteiger partial charge in [-0.05, 0) is 68.1 Å². The summed E-state index contributed by atoms with van der Waals surface area (Å²) in [5, 5.41) is 11.8. The molecule has 5 rings (SSSR count). The van der Waals surface area contributed by atoms with Gasteiger partial charge < -0.3 is 15.0 Å². The third-order valence-electron chi connectivity index (χ3n) is 8.75. The summed E-state index contributed by atoms with van der Waals surface area (Å²) in [6, 6.07) is 0.0863. The largest absolute Gasteiger partial charge is 0.465 e. The zero-order valence-electron chi connectivity index (χ0n) is 16.9. The number of nitrogens with one attached hydrogen (secondary N) is 1. The Morgan fingerprint density at radius 3 is 2.75 bits per heavy atom. The normalized spacial score (nSPS) is 41.9. The van der Waals surface area contributed by atoms with Gasteiger partial charge in [-0.1, -0.05) is 31.6 Å². The monoisotopic (exact) mass is 381 g/mol. The predicted molar refractivity (Wildman–Crippen MR) is 109 cm³/mol. The van der Waals surface area contributed by atoms with Crippen LogP contribution in [0.5, 0.6) is 0 Å². The zero-order chi connectivity index (χ0) is 19.5. The van der Waals surface area contributed by atoms with Crippen LogP contribution in [-0.4, -0.2) is 26.8 Å². The fourth-order valence-corrected chi connectivity index (χ4v) is 7.31. The molecule has 28 heavy (non-hydrogen) atoms. The molecule has 0 bridgehead atoms. The van der Waals surface area contributed by atoms with E-state index in [0.717, 1.165) is 37.5 Å². The van der Waals surface area contributed by atoms with E-state index in [4.69, 9.17) is 5.11 Å². The Bertz CT molecular complexity index is 842. The molecular weight excluding hydrogens is 350 g/mol. The third kappa shape index (κ3) is 2.51. The minimum absolute atomic E-state index is 0.0863. The summed E-state index contributed by atoms with van der Waals surface area (Å²) in [4.78, 5) is 15.4. The maximum absolute atomic E-state index is 11.1. The maximum Gasteiger partial charge on any atom is 0.404 e. The molecule has 5 heteroatoms. The highest BCUT2D eigenvalue weighted by molar-refractivity contribution is 5.65. The number of carboxylic acid groups (broad SMARTS) is 1. The van der Waals surface area contributed by atoms with E-state index in [1.54, 1.807) is 0 Å². The van der Waals surface area contributed by atoms with E-state index in [9.17, 15) is 4.79 Å². The van der Waals surface area contributed by atoms with Crippen molar-refractivity contribution >= 4 is 11.8 Å². The number of rotatable bonds is 2. The molecule has 1 aromatic heterocycles. The molecule has 1 aromatic rings. The number of carbonyl (C=O) groups is 1. The van der Waals surface area contributed by atoms with E-state index < -0.39 is 6.09 Å². The van der Waals surface area contributed by atoms with E-state index in [1.807, 2.05) is 12.5 Å². The van der Waals surface area contributed by atoms with E-state index in [1.165, 1.54) is 30.5 Å². The quantitative estimate of drug-likeness (QED) is 0.714. The molecule has 0 saturated heterocycles. The molecule has 150 valence electrons. The van der Waals surface area contributed by atoms with Gasteiger partial charge in [0, 0.05) is 29.5 Å². The van der Waals surface area contributed by atoms with Crippen LogP contribution in [0.25, 0.3) is 5.70 Å². The summed E-state index contributed by atoms with van der Waals surface area (Å²) in [5.41, 5.74) is 3.45. The molecule has 2 saturated carbocycles. The average Bonchev–Trinajstić information content (AvgIpc) is 3.28. The predicted octanol–water partition coefficient (Wildman–Crippen LogP) is 4.93. The molecule has 2 fully saturated rings. The van der Waals surface area contributed by atoms with Gasteiger partial charge in [0.15, 0.2) is 0 Å². The number of allylic oxidation sites excluding steroid dienone is 3. The van der Waals surface area contributed by atoms with Crippen LogP contribution in [0.3, 0.4) is 0 Å². The number of imidazole rings is 1. The Balaban J connectivity index is 1.41. The second-order valence-electron chi connectivity index (χ2n) is 9.90. The molecule has 0 spiro atoms. The zero-order valence-corrected chi connectivity index (χ0v) is 16.9. The fraction of sp³-hybridized carbons (Fsp3) is 0.652. The van der Waals surface area contributed by atoms with Gasteiger partial charge in [0.2, 0.25) is 0 Å². The van der Waals surface area contributed by atoms with Crippen LogP contribution in [0.2, 0.25) is 0 Å². The molecule has 4 aliphatic carbocycles. The van der Waals surface area contributed by atoms with Crippen LogP contribution in [0, 0.1) is 28.6 Å². The van der Waals surface area contributed by atoms with Gasteiger partial charge in [-0.15, -0.1) is 0 Å². The summed E-state index contributed by atoms with van der Waals surface area (Å²) in [6.07, 6.45) is 17.8. The third-order valence-corrected chi connectivity index (χ3v) is 8.75. The van der Waals surface area contributed by atoms with Crippen molar-refractivity contribution in [2.45, 2.75) is 64.8 Å². The SMILES string of the molecule is C[C@]12CCC(NC(=O)O)CC1=CCC1C2CC[C@]2(C)C(n3ccnc3)=CCC12. The van der Waals surface area contributed by atoms with Crippen molar-refractivity contribution in [2.24, 2.45) is 28.6 Å². The molecule has 1 heterocycles. The lowest BCUT2D eigenvalue weighted by atomic mass is 9.47. The van der Waals surface area contributed by atoms with E-state index in [0.29, 0.717) is 5.92 Å². The second-order valence-corrected chi connectivity index (χ2v) is 9.90. The molecule has 0 aliphatic heterocycles. The number of aromatic nitrogens is 2. The number of hydrogen-bond acceptors (Lipinski definition) is 2. The maximum atomic E-state index is 11.1. The summed E-state index contributed by atoms with van der Waals surface area (Å²) in [7, 11) is 0. The van der Waals surface area contributed by atoms with Crippen molar-refractivity contribution in [3.8, 4) is 0 Å². The van der Waals surface area contributed by atoms with Crippen LogP contribution < -0.4 is 5.32 Å². The van der Waals surface area contributed by atoms with Gasteiger partial charge in [-0.25, -0.2) is 9.78 Å². The van der Waals surface area contributed by atoms with Crippen molar-refractivity contribution in [1.29, 1.82) is 0 Å². The van der Waals surface area contributed by atoms with Gasteiger partial charge in [0.25, 0.3) is 0 Å². The molecule has 2 N–H and O–H groups in total. The van der Waals surface area contributed by atoms with Crippen LogP contribution >= 0.6 is 0 Å². The van der Waals surface area contributed by atoms with Gasteiger partial charge >= 0.3 is 6.09 Å². The molecule has 4 unspecified atom stereocenters. The Labute approximate surface area is 166 Å². The minimum atomic E-state index is -0.889. The van der Waals surface area contributed by atoms with Gasteiger partial charge in [0.1, 0.15) is 0 Å². The summed E-state index contributed by atoms with van der Waals surface area (Å²) < 4.78 is 2.23. The number of hydrogen-bond donors (Lipinski definition) is 2. The highest BCUT2D eigenvalue weighted by Gasteiger charge is 2.57. The first-order valence-electron chi connectivity index (χ1n) is 10.8. The van der Waals surface area contributed by atoms with Crippen molar-refractivity contribution in [3.05, 3.63) is 36.4 Å². The standard InChI is InChI=1S/C23H31N3O2/c1-22-9-7-16(25-21(27)28)13-15(22)3-4-17-18-5-6-20(26-12-11-24-14-26)23(18,2)10-8-19(17)22/h3,6,11-12,14,16-19,25H,4-5,7-10,13H2,1-2H3,(H,27,28)/t16?,17?,18?,19?,22-,23-/m0/s1. The summed E-state index contributed by atoms with van der Waals surface area (Å²) >= 11 is 0. The molecular formula is C23H31N3O2. The molecule has 1 amide bonds. The molecule has 6 atom stereocenters. The van der Waals surface area contributed by atoms with Gasteiger partial charge in [-0.2, -0.15) is 0 Å². The van der Waals surface area contributed by atoms with Crippen LogP contribution in [0.1, 0.15) is 58.8 Å². The first-order valence-corrected chi connectivity index (χ1v) is 10.8. The van der Waals surface area contributed by atoms with Gasteiger partial charge in [-0.3, -0.25) is 0 Å². The molecule has 4 aliphatic rings. The van der Waals surface area contributed by atoms with Crippen molar-refractivity contribution in [2.75, 3.05) is 0 Å². The highest BCUT2D eigenvalue weighted by atomic mass is 16.4. The molecule has 0 radical (unpaired) electrons. The Hall–Kier alpha value is -2.04. The Morgan fingerprint density at radius 2 is 2.00 bits per heavy atom. The average molecular weight is 382 g/mol. The lowest BCUT2D eigenvalue weighted by molar-refractivity contribution is -0.0137. The lowest BCUT2D eigenvalue weighted by Gasteiger charge is -2.57. The smallest absolute Gasteiger partial charge is 0.404 e. The van der Waals surface area contributed by atoms with Crippen molar-refractivity contribution < 1.29 is 9.90 Å². The Morgan fingerprint density at radius 1 is 1.18 bits per heavy atom. The summed E-state index contributed by atoms with van der Waals surface area (Å²) in [6.45, 7) is 4.94. The van der Waals surface area contributed by atoms with E-state index in [2.05, 4.69) is 47.1 Å². The topological polar surface area (TPSA) is 67.2 Å². The number of amides is 1. The summed E-state index contributed by atoms with van der Waals surface area (Å²) in [5.74, 6) is 2.16. The minimum Gasteiger partial charge on any atom is -0.465 e. The van der Waals surface area contributed by atoms with Crippen molar-refractivity contribution in [3.63, 3.8) is 0 Å². The van der Waals surface area contributed by atoms with Gasteiger partial charge in [0.05, 0.1) is 6.33 Å².